The Balaban J connectivity index is 1.79. The van der Waals surface area contributed by atoms with Gasteiger partial charge in [-0.1, -0.05) is 92.7 Å². The van der Waals surface area contributed by atoms with Gasteiger partial charge >= 0.3 is 0 Å². The van der Waals surface area contributed by atoms with Crippen LogP contribution in [0.2, 0.25) is 0 Å². The van der Waals surface area contributed by atoms with Crippen molar-refractivity contribution in [2.75, 3.05) is 5.32 Å². The molecule has 0 aliphatic rings. The van der Waals surface area contributed by atoms with Crippen LogP contribution in [-0.4, -0.2) is 11.9 Å². The minimum atomic E-state index is -0.356. The molecule has 0 saturated heterocycles. The van der Waals surface area contributed by atoms with Crippen molar-refractivity contribution < 1.29 is 4.79 Å². The fourth-order valence-electron chi connectivity index (χ4n) is 3.36. The van der Waals surface area contributed by atoms with Gasteiger partial charge in [-0.3, -0.25) is 10.1 Å². The highest BCUT2D eigenvalue weighted by Crippen LogP contribution is 2.25. The molecule has 0 aliphatic carbocycles. The highest BCUT2D eigenvalue weighted by Gasteiger charge is 2.21. The second kappa shape index (κ2) is 9.34. The first-order valence-electron chi connectivity index (χ1n) is 9.82. The SMILES string of the molecule is CC(C)c1ccccc1NC(=O)[C@H](C)NC(c1ccccc1)c1ccccc1. The Bertz CT molecular complexity index is 851. The van der Waals surface area contributed by atoms with E-state index in [1.807, 2.05) is 61.5 Å². The predicted octanol–water partition coefficient (Wildman–Crippen LogP) is 5.52. The van der Waals surface area contributed by atoms with Crippen LogP contribution in [-0.2, 0) is 4.79 Å². The Kier molecular flexibility index (Phi) is 6.62. The molecule has 0 saturated carbocycles. The fourth-order valence-corrected chi connectivity index (χ4v) is 3.36. The minimum Gasteiger partial charge on any atom is -0.324 e. The van der Waals surface area contributed by atoms with Crippen molar-refractivity contribution in [3.05, 3.63) is 102 Å². The largest absolute Gasteiger partial charge is 0.324 e. The number of hydrogen-bond donors (Lipinski definition) is 2. The van der Waals surface area contributed by atoms with Crippen molar-refractivity contribution in [3.63, 3.8) is 0 Å². The van der Waals surface area contributed by atoms with Crippen LogP contribution in [0.1, 0.15) is 49.4 Å². The molecule has 3 nitrogen and oxygen atoms in total. The van der Waals surface area contributed by atoms with E-state index in [2.05, 4.69) is 54.8 Å². The highest BCUT2D eigenvalue weighted by molar-refractivity contribution is 5.95. The molecule has 0 aliphatic heterocycles. The summed E-state index contributed by atoms with van der Waals surface area (Å²) >= 11 is 0. The van der Waals surface area contributed by atoms with Crippen molar-refractivity contribution in [1.82, 2.24) is 5.32 Å². The third-order valence-electron chi connectivity index (χ3n) is 4.92. The molecular weight excluding hydrogens is 344 g/mol. The highest BCUT2D eigenvalue weighted by atomic mass is 16.2. The smallest absolute Gasteiger partial charge is 0.241 e. The molecule has 144 valence electrons. The number of para-hydroxylation sites is 1. The lowest BCUT2D eigenvalue weighted by Gasteiger charge is -2.24. The summed E-state index contributed by atoms with van der Waals surface area (Å²) in [7, 11) is 0. The van der Waals surface area contributed by atoms with E-state index in [-0.39, 0.29) is 18.0 Å². The van der Waals surface area contributed by atoms with Crippen molar-refractivity contribution in [2.24, 2.45) is 0 Å². The number of carbonyl (C=O) groups excluding carboxylic acids is 1. The third kappa shape index (κ3) is 4.87. The summed E-state index contributed by atoms with van der Waals surface area (Å²) in [6.07, 6.45) is 0. The van der Waals surface area contributed by atoms with E-state index in [0.717, 1.165) is 22.4 Å². The van der Waals surface area contributed by atoms with Crippen LogP contribution in [0.4, 0.5) is 5.69 Å². The van der Waals surface area contributed by atoms with Crippen LogP contribution < -0.4 is 10.6 Å². The van der Waals surface area contributed by atoms with E-state index < -0.39 is 0 Å². The molecule has 0 spiro atoms. The fraction of sp³-hybridized carbons (Fsp3) is 0.240. The molecule has 0 heterocycles. The summed E-state index contributed by atoms with van der Waals surface area (Å²) in [6, 6.07) is 28.0. The van der Waals surface area contributed by atoms with Gasteiger partial charge in [-0.15, -0.1) is 0 Å². The Morgan fingerprint density at radius 1 is 0.714 bits per heavy atom. The summed E-state index contributed by atoms with van der Waals surface area (Å²) in [4.78, 5) is 12.9. The van der Waals surface area contributed by atoms with Crippen LogP contribution in [0, 0.1) is 0 Å². The second-order valence-corrected chi connectivity index (χ2v) is 7.37. The van der Waals surface area contributed by atoms with Crippen LogP contribution in [0.3, 0.4) is 0 Å². The van der Waals surface area contributed by atoms with Gasteiger partial charge in [0.05, 0.1) is 12.1 Å². The Morgan fingerprint density at radius 3 is 1.75 bits per heavy atom. The van der Waals surface area contributed by atoms with Crippen LogP contribution >= 0.6 is 0 Å². The summed E-state index contributed by atoms with van der Waals surface area (Å²) < 4.78 is 0. The topological polar surface area (TPSA) is 41.1 Å². The number of nitrogens with one attached hydrogen (secondary N) is 2. The molecule has 0 bridgehead atoms. The first-order valence-corrected chi connectivity index (χ1v) is 9.82. The van der Waals surface area contributed by atoms with Gasteiger partial charge in [0, 0.05) is 5.69 Å². The number of amides is 1. The first-order chi connectivity index (χ1) is 13.6. The van der Waals surface area contributed by atoms with E-state index in [1.165, 1.54) is 0 Å². The Morgan fingerprint density at radius 2 is 1.21 bits per heavy atom. The van der Waals surface area contributed by atoms with E-state index in [1.54, 1.807) is 0 Å². The lowest BCUT2D eigenvalue weighted by atomic mass is 9.97. The zero-order valence-electron chi connectivity index (χ0n) is 16.7. The molecule has 0 aromatic heterocycles. The standard InChI is InChI=1S/C25H28N2O/c1-18(2)22-16-10-11-17-23(22)27-25(28)19(3)26-24(20-12-6-4-7-13-20)21-14-8-5-9-15-21/h4-19,24,26H,1-3H3,(H,27,28)/t19-/m0/s1. The molecule has 3 heteroatoms. The molecule has 2 N–H and O–H groups in total. The maximum absolute atomic E-state index is 12.9. The molecule has 3 aromatic rings. The first kappa shape index (κ1) is 19.8. The maximum Gasteiger partial charge on any atom is 0.241 e. The summed E-state index contributed by atoms with van der Waals surface area (Å²) in [5, 5.41) is 6.60. The third-order valence-corrected chi connectivity index (χ3v) is 4.92. The van der Waals surface area contributed by atoms with E-state index in [4.69, 9.17) is 0 Å². The zero-order chi connectivity index (χ0) is 19.9. The van der Waals surface area contributed by atoms with Gasteiger partial charge < -0.3 is 5.32 Å². The number of rotatable bonds is 7. The monoisotopic (exact) mass is 372 g/mol. The Hall–Kier alpha value is -2.91. The van der Waals surface area contributed by atoms with Gasteiger partial charge in [0.1, 0.15) is 0 Å². The number of anilines is 1. The van der Waals surface area contributed by atoms with Crippen molar-refractivity contribution >= 4 is 11.6 Å². The molecular formula is C25H28N2O. The van der Waals surface area contributed by atoms with Gasteiger partial charge in [-0.25, -0.2) is 0 Å². The summed E-state index contributed by atoms with van der Waals surface area (Å²) in [5.74, 6) is 0.311. The average Bonchev–Trinajstić information content (AvgIpc) is 2.73. The quantitative estimate of drug-likeness (QED) is 0.574. The molecule has 1 atom stereocenters. The Labute approximate surface area is 167 Å². The summed E-state index contributed by atoms with van der Waals surface area (Å²) in [5.41, 5.74) is 4.30. The maximum atomic E-state index is 12.9. The lowest BCUT2D eigenvalue weighted by Crippen LogP contribution is -2.40. The number of benzene rings is 3. The molecule has 28 heavy (non-hydrogen) atoms. The second-order valence-electron chi connectivity index (χ2n) is 7.37. The van der Waals surface area contributed by atoms with Crippen molar-refractivity contribution in [3.8, 4) is 0 Å². The molecule has 3 aromatic carbocycles. The van der Waals surface area contributed by atoms with Gasteiger partial charge in [0.2, 0.25) is 5.91 Å². The molecule has 3 rings (SSSR count). The predicted molar refractivity (Wildman–Crippen MR) is 116 cm³/mol. The van der Waals surface area contributed by atoms with E-state index in [9.17, 15) is 4.79 Å². The number of hydrogen-bond acceptors (Lipinski definition) is 2. The van der Waals surface area contributed by atoms with Crippen LogP contribution in [0.5, 0.6) is 0 Å². The minimum absolute atomic E-state index is 0.0371. The van der Waals surface area contributed by atoms with Gasteiger partial charge in [-0.05, 0) is 35.6 Å². The van der Waals surface area contributed by atoms with E-state index in [0.29, 0.717) is 5.92 Å². The van der Waals surface area contributed by atoms with Gasteiger partial charge in [0.25, 0.3) is 0 Å². The van der Waals surface area contributed by atoms with Crippen molar-refractivity contribution in [2.45, 2.75) is 38.8 Å². The van der Waals surface area contributed by atoms with Crippen LogP contribution in [0.25, 0.3) is 0 Å². The van der Waals surface area contributed by atoms with Crippen LogP contribution in [0.15, 0.2) is 84.9 Å². The number of carbonyl (C=O) groups is 1. The normalized spacial score (nSPS) is 12.2. The van der Waals surface area contributed by atoms with Gasteiger partial charge in [-0.2, -0.15) is 0 Å². The molecule has 0 radical (unpaired) electrons. The van der Waals surface area contributed by atoms with E-state index >= 15 is 0 Å². The average molecular weight is 373 g/mol. The molecule has 1 amide bonds. The zero-order valence-corrected chi connectivity index (χ0v) is 16.7. The van der Waals surface area contributed by atoms with Crippen molar-refractivity contribution in [1.29, 1.82) is 0 Å². The molecule has 0 fully saturated rings. The lowest BCUT2D eigenvalue weighted by molar-refractivity contribution is -0.117. The molecule has 0 unspecified atom stereocenters. The van der Waals surface area contributed by atoms with Gasteiger partial charge in [0.15, 0.2) is 0 Å². The summed E-state index contributed by atoms with van der Waals surface area (Å²) in [6.45, 7) is 6.17.